The van der Waals surface area contributed by atoms with Crippen LogP contribution in [0.4, 0.5) is 5.82 Å². The molecule has 3 aliphatic heterocycles. The lowest BCUT2D eigenvalue weighted by Crippen LogP contribution is -2.46. The minimum atomic E-state index is -0.0907. The topological polar surface area (TPSA) is 78.8 Å². The van der Waals surface area contributed by atoms with Crippen molar-refractivity contribution >= 4 is 22.8 Å². The monoisotopic (exact) mass is 441 g/mol. The van der Waals surface area contributed by atoms with Gasteiger partial charge in [0.1, 0.15) is 5.82 Å². The third-order valence-electron chi connectivity index (χ3n) is 7.08. The number of carbonyl (C=O) groups excluding carboxylic acids is 1. The van der Waals surface area contributed by atoms with E-state index in [1.165, 1.54) is 32.5 Å². The predicted octanol–water partition coefficient (Wildman–Crippen LogP) is 1.09. The van der Waals surface area contributed by atoms with E-state index < -0.39 is 0 Å². The van der Waals surface area contributed by atoms with Crippen LogP contribution < -0.4 is 10.2 Å². The van der Waals surface area contributed by atoms with Crippen LogP contribution in [0.3, 0.4) is 0 Å². The summed E-state index contributed by atoms with van der Waals surface area (Å²) >= 11 is 0. The van der Waals surface area contributed by atoms with Crippen molar-refractivity contribution in [3.63, 3.8) is 0 Å². The van der Waals surface area contributed by atoms with Gasteiger partial charge in [0.15, 0.2) is 11.3 Å². The van der Waals surface area contributed by atoms with E-state index in [9.17, 15) is 4.79 Å². The quantitative estimate of drug-likeness (QED) is 0.719. The zero-order chi connectivity index (χ0) is 21.9. The first-order chi connectivity index (χ1) is 15.7. The van der Waals surface area contributed by atoms with Crippen molar-refractivity contribution in [2.75, 3.05) is 70.5 Å². The molecular weight excluding hydrogens is 406 g/mol. The van der Waals surface area contributed by atoms with Gasteiger partial charge in [-0.1, -0.05) is 0 Å². The Kier molecular flexibility index (Phi) is 6.56. The summed E-state index contributed by atoms with van der Waals surface area (Å²) in [5.41, 5.74) is 1.22. The molecule has 5 heterocycles. The Bertz CT molecular complexity index is 926. The Balaban J connectivity index is 1.18. The van der Waals surface area contributed by atoms with Crippen molar-refractivity contribution in [1.82, 2.24) is 29.9 Å². The maximum absolute atomic E-state index is 13.0. The number of hydrogen-bond acceptors (Lipinski definition) is 7. The highest BCUT2D eigenvalue weighted by atomic mass is 16.5. The van der Waals surface area contributed by atoms with E-state index in [1.807, 2.05) is 19.2 Å². The van der Waals surface area contributed by atoms with Crippen LogP contribution in [0.5, 0.6) is 0 Å². The first-order valence-electron chi connectivity index (χ1n) is 12.1. The van der Waals surface area contributed by atoms with Gasteiger partial charge < -0.3 is 24.8 Å². The van der Waals surface area contributed by atoms with Gasteiger partial charge in [-0.05, 0) is 50.9 Å². The third-order valence-corrected chi connectivity index (χ3v) is 7.08. The van der Waals surface area contributed by atoms with Crippen LogP contribution >= 0.6 is 0 Å². The van der Waals surface area contributed by atoms with Gasteiger partial charge in [-0.3, -0.25) is 4.79 Å². The van der Waals surface area contributed by atoms with Gasteiger partial charge in [0, 0.05) is 52.4 Å². The lowest BCUT2D eigenvalue weighted by molar-refractivity contribution is 0.0904. The van der Waals surface area contributed by atoms with E-state index in [1.54, 1.807) is 4.68 Å². The zero-order valence-corrected chi connectivity index (χ0v) is 19.1. The maximum Gasteiger partial charge on any atom is 0.272 e. The van der Waals surface area contributed by atoms with Crippen LogP contribution in [-0.2, 0) is 11.8 Å². The first kappa shape index (κ1) is 21.6. The SMILES string of the molecule is Cn1nc(C(=O)NC2CCN(CCN3CCCC3)CC2)c2ccc(N3CCOCC3)nc21. The van der Waals surface area contributed by atoms with Crippen LogP contribution in [0.25, 0.3) is 11.0 Å². The zero-order valence-electron chi connectivity index (χ0n) is 19.1. The molecule has 0 saturated carbocycles. The molecule has 0 aliphatic carbocycles. The molecule has 0 spiro atoms. The van der Waals surface area contributed by atoms with Gasteiger partial charge in [0.05, 0.1) is 18.6 Å². The van der Waals surface area contributed by atoms with E-state index in [0.29, 0.717) is 5.69 Å². The highest BCUT2D eigenvalue weighted by molar-refractivity contribution is 6.04. The number of pyridine rings is 1. The Morgan fingerprint density at radius 3 is 2.44 bits per heavy atom. The maximum atomic E-state index is 13.0. The molecular formula is C23H35N7O2. The fourth-order valence-corrected chi connectivity index (χ4v) is 5.10. The molecule has 3 aliphatic rings. The highest BCUT2D eigenvalue weighted by Gasteiger charge is 2.25. The molecule has 9 nitrogen and oxygen atoms in total. The number of morpholine rings is 1. The predicted molar refractivity (Wildman–Crippen MR) is 124 cm³/mol. The van der Waals surface area contributed by atoms with Crippen molar-refractivity contribution in [3.05, 3.63) is 17.8 Å². The lowest BCUT2D eigenvalue weighted by atomic mass is 10.0. The molecule has 3 saturated heterocycles. The van der Waals surface area contributed by atoms with Gasteiger partial charge in [-0.15, -0.1) is 0 Å². The highest BCUT2D eigenvalue weighted by Crippen LogP contribution is 2.22. The second kappa shape index (κ2) is 9.72. The summed E-state index contributed by atoms with van der Waals surface area (Å²) in [5.74, 6) is 0.823. The standard InChI is InChI=1S/C23H35N7O2/c1-27-22-19(4-5-20(25-22)30-14-16-32-17-15-30)21(26-27)23(31)24-18-6-10-29(11-7-18)13-12-28-8-2-3-9-28/h4-5,18H,2-3,6-17H2,1H3,(H,24,31). The van der Waals surface area contributed by atoms with Crippen LogP contribution in [0.15, 0.2) is 12.1 Å². The second-order valence-electron chi connectivity index (χ2n) is 9.25. The molecule has 0 radical (unpaired) electrons. The van der Waals surface area contributed by atoms with E-state index in [2.05, 4.69) is 25.1 Å². The van der Waals surface area contributed by atoms with Gasteiger partial charge in [-0.2, -0.15) is 5.10 Å². The minimum Gasteiger partial charge on any atom is -0.378 e. The van der Waals surface area contributed by atoms with Crippen molar-refractivity contribution in [2.45, 2.75) is 31.7 Å². The van der Waals surface area contributed by atoms with E-state index in [0.717, 1.165) is 75.6 Å². The normalized spacial score (nSPS) is 21.5. The van der Waals surface area contributed by atoms with Gasteiger partial charge in [0.25, 0.3) is 5.91 Å². The fraction of sp³-hybridized carbons (Fsp3) is 0.696. The average Bonchev–Trinajstić information content (AvgIpc) is 3.47. The number of anilines is 1. The molecule has 2 aromatic heterocycles. The van der Waals surface area contributed by atoms with Gasteiger partial charge in [-0.25, -0.2) is 9.67 Å². The Labute approximate surface area is 189 Å². The average molecular weight is 442 g/mol. The van der Waals surface area contributed by atoms with Crippen molar-refractivity contribution in [2.24, 2.45) is 7.05 Å². The van der Waals surface area contributed by atoms with Crippen LogP contribution in [0, 0.1) is 0 Å². The molecule has 0 unspecified atom stereocenters. The number of ether oxygens (including phenoxy) is 1. The largest absolute Gasteiger partial charge is 0.378 e. The first-order valence-corrected chi connectivity index (χ1v) is 12.1. The van der Waals surface area contributed by atoms with Crippen molar-refractivity contribution in [1.29, 1.82) is 0 Å². The lowest BCUT2D eigenvalue weighted by Gasteiger charge is -2.33. The number of fused-ring (bicyclic) bond motifs is 1. The van der Waals surface area contributed by atoms with Crippen LogP contribution in [0.2, 0.25) is 0 Å². The summed E-state index contributed by atoms with van der Waals surface area (Å²) < 4.78 is 7.16. The van der Waals surface area contributed by atoms with Crippen LogP contribution in [-0.4, -0.2) is 102 Å². The number of nitrogens with one attached hydrogen (secondary N) is 1. The molecule has 174 valence electrons. The molecule has 9 heteroatoms. The molecule has 0 bridgehead atoms. The number of rotatable bonds is 6. The Hall–Kier alpha value is -2.23. The molecule has 0 atom stereocenters. The summed E-state index contributed by atoms with van der Waals surface area (Å²) in [4.78, 5) is 25.2. The minimum absolute atomic E-state index is 0.0907. The molecule has 3 fully saturated rings. The summed E-state index contributed by atoms with van der Waals surface area (Å²) in [5, 5.41) is 8.55. The number of likely N-dealkylation sites (tertiary alicyclic amines) is 2. The second-order valence-corrected chi connectivity index (χ2v) is 9.25. The molecule has 1 amide bonds. The summed E-state index contributed by atoms with van der Waals surface area (Å²) in [7, 11) is 1.86. The van der Waals surface area contributed by atoms with Gasteiger partial charge in [0.2, 0.25) is 0 Å². The number of nitrogens with zero attached hydrogens (tertiary/aromatic N) is 6. The molecule has 0 aromatic carbocycles. The molecule has 1 N–H and O–H groups in total. The molecule has 32 heavy (non-hydrogen) atoms. The Morgan fingerprint density at radius 1 is 1.03 bits per heavy atom. The van der Waals surface area contributed by atoms with Crippen molar-refractivity contribution < 1.29 is 9.53 Å². The van der Waals surface area contributed by atoms with E-state index in [-0.39, 0.29) is 11.9 Å². The summed E-state index contributed by atoms with van der Waals surface area (Å²) in [6.07, 6.45) is 4.69. The summed E-state index contributed by atoms with van der Waals surface area (Å²) in [6.45, 7) is 10.0. The smallest absolute Gasteiger partial charge is 0.272 e. The number of piperidine rings is 1. The van der Waals surface area contributed by atoms with E-state index >= 15 is 0 Å². The van der Waals surface area contributed by atoms with E-state index in [4.69, 9.17) is 9.72 Å². The van der Waals surface area contributed by atoms with Gasteiger partial charge >= 0.3 is 0 Å². The Morgan fingerprint density at radius 2 is 1.72 bits per heavy atom. The molecule has 5 rings (SSSR count). The molecule has 2 aromatic rings. The number of hydrogen-bond donors (Lipinski definition) is 1. The number of carbonyl (C=O) groups is 1. The summed E-state index contributed by atoms with van der Waals surface area (Å²) in [6, 6.07) is 4.18. The number of amides is 1. The number of aryl methyl sites for hydroxylation is 1. The van der Waals surface area contributed by atoms with Crippen molar-refractivity contribution in [3.8, 4) is 0 Å². The number of aromatic nitrogens is 3. The third kappa shape index (κ3) is 4.74. The fourth-order valence-electron chi connectivity index (χ4n) is 5.10. The van der Waals surface area contributed by atoms with Crippen LogP contribution in [0.1, 0.15) is 36.2 Å².